The first-order chi connectivity index (χ1) is 13.0. The number of nitrogen functional groups attached to an aromatic ring is 1. The number of amides is 1. The van der Waals surface area contributed by atoms with Gasteiger partial charge in [-0.15, -0.1) is 11.3 Å². The van der Waals surface area contributed by atoms with E-state index in [9.17, 15) is 4.79 Å². The van der Waals surface area contributed by atoms with Gasteiger partial charge in [0.05, 0.1) is 23.3 Å². The SMILES string of the molecule is Cc1sc2nc(C(C)N3CCN(C(=O)c4ccoc4)CC3)nc(N)c2c1C. The van der Waals surface area contributed by atoms with E-state index in [0.717, 1.165) is 34.7 Å². The first-order valence-corrected chi connectivity index (χ1v) is 9.86. The summed E-state index contributed by atoms with van der Waals surface area (Å²) in [6.45, 7) is 9.13. The van der Waals surface area contributed by atoms with E-state index >= 15 is 0 Å². The van der Waals surface area contributed by atoms with Crippen LogP contribution in [-0.2, 0) is 0 Å². The Morgan fingerprint density at radius 3 is 2.67 bits per heavy atom. The van der Waals surface area contributed by atoms with Gasteiger partial charge in [0.1, 0.15) is 22.7 Å². The lowest BCUT2D eigenvalue weighted by molar-refractivity contribution is 0.0575. The van der Waals surface area contributed by atoms with Crippen LogP contribution >= 0.6 is 11.3 Å². The molecular formula is C19H23N5O2S. The molecule has 0 aromatic carbocycles. The molecule has 1 saturated heterocycles. The highest BCUT2D eigenvalue weighted by Crippen LogP contribution is 2.33. The molecule has 0 bridgehead atoms. The van der Waals surface area contributed by atoms with E-state index in [2.05, 4.69) is 30.7 Å². The maximum Gasteiger partial charge on any atom is 0.257 e. The Labute approximate surface area is 161 Å². The van der Waals surface area contributed by atoms with Gasteiger partial charge < -0.3 is 15.1 Å². The molecule has 0 saturated carbocycles. The molecule has 0 spiro atoms. The summed E-state index contributed by atoms with van der Waals surface area (Å²) in [7, 11) is 0. The number of thiophene rings is 1. The number of carbonyl (C=O) groups is 1. The molecule has 1 aliphatic rings. The van der Waals surface area contributed by atoms with Crippen molar-refractivity contribution in [1.29, 1.82) is 0 Å². The second-order valence-corrected chi connectivity index (χ2v) is 8.15. The largest absolute Gasteiger partial charge is 0.472 e. The zero-order valence-electron chi connectivity index (χ0n) is 15.7. The Morgan fingerprint density at radius 1 is 1.26 bits per heavy atom. The lowest BCUT2D eigenvalue weighted by atomic mass is 10.1. The molecule has 27 heavy (non-hydrogen) atoms. The quantitative estimate of drug-likeness (QED) is 0.746. The number of nitrogens with zero attached hydrogens (tertiary/aromatic N) is 4. The number of hydrogen-bond acceptors (Lipinski definition) is 7. The topological polar surface area (TPSA) is 88.5 Å². The number of anilines is 1. The van der Waals surface area contributed by atoms with Gasteiger partial charge in [0.25, 0.3) is 5.91 Å². The zero-order valence-corrected chi connectivity index (χ0v) is 16.5. The van der Waals surface area contributed by atoms with E-state index in [-0.39, 0.29) is 11.9 Å². The molecule has 142 valence electrons. The van der Waals surface area contributed by atoms with Crippen LogP contribution in [0.25, 0.3) is 10.2 Å². The minimum atomic E-state index is 0.0162. The van der Waals surface area contributed by atoms with Gasteiger partial charge in [-0.3, -0.25) is 9.69 Å². The van der Waals surface area contributed by atoms with Gasteiger partial charge >= 0.3 is 0 Å². The van der Waals surface area contributed by atoms with Crippen molar-refractivity contribution < 1.29 is 9.21 Å². The van der Waals surface area contributed by atoms with Crippen LogP contribution in [0.1, 0.15) is 39.6 Å². The van der Waals surface area contributed by atoms with Gasteiger partial charge in [-0.25, -0.2) is 9.97 Å². The second kappa shape index (κ2) is 6.94. The summed E-state index contributed by atoms with van der Waals surface area (Å²) in [5, 5.41) is 0.976. The van der Waals surface area contributed by atoms with Crippen molar-refractivity contribution in [2.24, 2.45) is 0 Å². The normalized spacial score (nSPS) is 16.8. The van der Waals surface area contributed by atoms with Gasteiger partial charge in [-0.2, -0.15) is 0 Å². The number of rotatable bonds is 3. The Bertz CT molecular complexity index is 974. The number of aryl methyl sites for hydroxylation is 2. The highest BCUT2D eigenvalue weighted by atomic mass is 32.1. The van der Waals surface area contributed by atoms with Crippen LogP contribution in [0.2, 0.25) is 0 Å². The van der Waals surface area contributed by atoms with Crippen LogP contribution in [0.4, 0.5) is 5.82 Å². The van der Waals surface area contributed by atoms with Crippen LogP contribution in [-0.4, -0.2) is 51.9 Å². The predicted octanol–water partition coefficient (Wildman–Crippen LogP) is 3.00. The molecule has 3 aromatic heterocycles. The molecule has 3 aromatic rings. The van der Waals surface area contributed by atoms with Crippen LogP contribution in [0.15, 0.2) is 23.0 Å². The zero-order chi connectivity index (χ0) is 19.1. The van der Waals surface area contributed by atoms with Crippen molar-refractivity contribution in [2.45, 2.75) is 26.8 Å². The lowest BCUT2D eigenvalue weighted by Gasteiger charge is -2.37. The Balaban J connectivity index is 1.49. The molecule has 1 aliphatic heterocycles. The molecule has 1 amide bonds. The molecule has 4 heterocycles. The van der Waals surface area contributed by atoms with Gasteiger partial charge in [-0.05, 0) is 32.4 Å². The Kier molecular flexibility index (Phi) is 4.61. The van der Waals surface area contributed by atoms with Crippen molar-refractivity contribution in [3.05, 3.63) is 40.4 Å². The standard InChI is InChI=1S/C19H23N5O2S/c1-11-13(3)27-18-15(11)16(20)21-17(22-18)12(2)23-5-7-24(8-6-23)19(25)14-4-9-26-10-14/h4,9-10,12H,5-8H2,1-3H3,(H2,20,21,22). The first-order valence-electron chi connectivity index (χ1n) is 9.04. The number of piperazine rings is 1. The molecule has 1 fully saturated rings. The van der Waals surface area contributed by atoms with Gasteiger partial charge in [-0.1, -0.05) is 0 Å². The van der Waals surface area contributed by atoms with Crippen molar-refractivity contribution in [1.82, 2.24) is 19.8 Å². The molecular weight excluding hydrogens is 362 g/mol. The average molecular weight is 385 g/mol. The highest BCUT2D eigenvalue weighted by Gasteiger charge is 2.27. The average Bonchev–Trinajstić information content (AvgIpc) is 3.29. The van der Waals surface area contributed by atoms with Crippen LogP contribution in [0.3, 0.4) is 0 Å². The molecule has 4 rings (SSSR count). The highest BCUT2D eigenvalue weighted by molar-refractivity contribution is 7.18. The summed E-state index contributed by atoms with van der Waals surface area (Å²) in [5.41, 5.74) is 7.99. The van der Waals surface area contributed by atoms with E-state index in [1.165, 1.54) is 17.4 Å². The third kappa shape index (κ3) is 3.19. The first kappa shape index (κ1) is 17.9. The third-order valence-electron chi connectivity index (χ3n) is 5.36. The minimum Gasteiger partial charge on any atom is -0.472 e. The van der Waals surface area contributed by atoms with E-state index in [0.29, 0.717) is 24.5 Å². The summed E-state index contributed by atoms with van der Waals surface area (Å²) in [6, 6.07) is 1.75. The fourth-order valence-electron chi connectivity index (χ4n) is 3.53. The molecule has 0 aliphatic carbocycles. The summed E-state index contributed by atoms with van der Waals surface area (Å²) in [6.07, 6.45) is 3.02. The smallest absolute Gasteiger partial charge is 0.257 e. The number of aromatic nitrogens is 2. The maximum atomic E-state index is 12.4. The monoisotopic (exact) mass is 385 g/mol. The molecule has 1 unspecified atom stereocenters. The Hall–Kier alpha value is -2.45. The molecule has 2 N–H and O–H groups in total. The maximum absolute atomic E-state index is 12.4. The summed E-state index contributed by atoms with van der Waals surface area (Å²) in [5.74, 6) is 1.32. The van der Waals surface area contributed by atoms with E-state index in [1.54, 1.807) is 17.4 Å². The van der Waals surface area contributed by atoms with Crippen molar-refractivity contribution in [2.75, 3.05) is 31.9 Å². The van der Waals surface area contributed by atoms with Gasteiger partial charge in [0.15, 0.2) is 0 Å². The van der Waals surface area contributed by atoms with Crippen molar-refractivity contribution in [3.8, 4) is 0 Å². The lowest BCUT2D eigenvalue weighted by Crippen LogP contribution is -2.49. The van der Waals surface area contributed by atoms with Gasteiger partial charge in [0, 0.05) is 31.1 Å². The van der Waals surface area contributed by atoms with E-state index in [1.807, 2.05) is 4.90 Å². The van der Waals surface area contributed by atoms with Crippen LogP contribution in [0.5, 0.6) is 0 Å². The van der Waals surface area contributed by atoms with E-state index < -0.39 is 0 Å². The minimum absolute atomic E-state index is 0.0162. The third-order valence-corrected chi connectivity index (χ3v) is 6.47. The fraction of sp³-hybridized carbons (Fsp3) is 0.421. The van der Waals surface area contributed by atoms with Crippen LogP contribution < -0.4 is 5.73 Å². The van der Waals surface area contributed by atoms with E-state index in [4.69, 9.17) is 15.1 Å². The van der Waals surface area contributed by atoms with Gasteiger partial charge in [0.2, 0.25) is 0 Å². The molecule has 0 radical (unpaired) electrons. The molecule has 8 heteroatoms. The summed E-state index contributed by atoms with van der Waals surface area (Å²) < 4.78 is 5.01. The molecule has 7 nitrogen and oxygen atoms in total. The number of fused-ring (bicyclic) bond motifs is 1. The predicted molar refractivity (Wildman–Crippen MR) is 106 cm³/mol. The second-order valence-electron chi connectivity index (χ2n) is 6.95. The Morgan fingerprint density at radius 2 is 2.00 bits per heavy atom. The molecule has 1 atom stereocenters. The van der Waals surface area contributed by atoms with Crippen molar-refractivity contribution >= 4 is 33.3 Å². The summed E-state index contributed by atoms with van der Waals surface area (Å²) in [4.78, 5) is 28.1. The summed E-state index contributed by atoms with van der Waals surface area (Å²) >= 11 is 1.66. The number of nitrogens with two attached hydrogens (primary N) is 1. The number of furan rings is 1. The number of carbonyl (C=O) groups excluding carboxylic acids is 1. The fourth-order valence-corrected chi connectivity index (χ4v) is 4.57. The number of hydrogen-bond donors (Lipinski definition) is 1. The van der Waals surface area contributed by atoms with Crippen molar-refractivity contribution in [3.63, 3.8) is 0 Å². The van der Waals surface area contributed by atoms with Crippen LogP contribution in [0, 0.1) is 13.8 Å².